The Kier molecular flexibility index (Phi) is 2.44. The smallest absolute Gasteiger partial charge is 0.236 e. The van der Waals surface area contributed by atoms with Gasteiger partial charge >= 0.3 is 0 Å². The Morgan fingerprint density at radius 1 is 1.60 bits per heavy atom. The van der Waals surface area contributed by atoms with Gasteiger partial charge in [0.1, 0.15) is 17.7 Å². The molecule has 6 heteroatoms. The summed E-state index contributed by atoms with van der Waals surface area (Å²) < 4.78 is 1.98. The van der Waals surface area contributed by atoms with E-state index in [1.165, 1.54) is 0 Å². The predicted octanol–water partition coefficient (Wildman–Crippen LogP) is -0.641. The summed E-state index contributed by atoms with van der Waals surface area (Å²) in [5.74, 6) is 1.76. The van der Waals surface area contributed by atoms with Gasteiger partial charge in [-0.1, -0.05) is 13.8 Å². The number of nitrogens with one attached hydrogen (secondary N) is 1. The molecular weight excluding hydrogens is 194 g/mol. The first-order valence-electron chi connectivity index (χ1n) is 5.04. The number of hydrogen-bond acceptors (Lipinski definition) is 4. The monoisotopic (exact) mass is 209 g/mol. The first-order chi connectivity index (χ1) is 7.09. The molecule has 0 aliphatic carbocycles. The lowest BCUT2D eigenvalue weighted by Crippen LogP contribution is -2.47. The standard InChI is InChI=1S/C9H15N5O/c1-5(2)9-13-12-7-3-11-6(8(10)15)4-14(7)9/h5-6,11H,3-4H2,1-2H3,(H2,10,15). The molecule has 0 bridgehead atoms. The largest absolute Gasteiger partial charge is 0.368 e. The number of nitrogens with two attached hydrogens (primary N) is 1. The van der Waals surface area contributed by atoms with Crippen molar-refractivity contribution < 1.29 is 4.79 Å². The van der Waals surface area contributed by atoms with Crippen LogP contribution in [0.15, 0.2) is 0 Å². The summed E-state index contributed by atoms with van der Waals surface area (Å²) in [6, 6.07) is -0.314. The maximum absolute atomic E-state index is 11.1. The second-order valence-electron chi connectivity index (χ2n) is 4.08. The van der Waals surface area contributed by atoms with Crippen molar-refractivity contribution in [1.29, 1.82) is 0 Å². The Hall–Kier alpha value is -1.43. The molecule has 1 aliphatic heterocycles. The zero-order valence-corrected chi connectivity index (χ0v) is 8.90. The van der Waals surface area contributed by atoms with Crippen molar-refractivity contribution in [3.05, 3.63) is 11.6 Å². The minimum absolute atomic E-state index is 0.304. The third kappa shape index (κ3) is 1.72. The van der Waals surface area contributed by atoms with Gasteiger partial charge in [-0.15, -0.1) is 10.2 Å². The van der Waals surface area contributed by atoms with Crippen LogP contribution in [0.25, 0.3) is 0 Å². The molecule has 6 nitrogen and oxygen atoms in total. The quantitative estimate of drug-likeness (QED) is 0.678. The normalized spacial score (nSPS) is 20.3. The number of rotatable bonds is 2. The molecule has 0 saturated carbocycles. The molecule has 2 rings (SSSR count). The number of carbonyl (C=O) groups is 1. The maximum Gasteiger partial charge on any atom is 0.236 e. The van der Waals surface area contributed by atoms with Crippen LogP contribution in [0.1, 0.15) is 31.4 Å². The van der Waals surface area contributed by atoms with E-state index in [1.54, 1.807) is 0 Å². The number of carbonyl (C=O) groups excluding carboxylic acids is 1. The molecule has 1 amide bonds. The summed E-state index contributed by atoms with van der Waals surface area (Å²) in [5, 5.41) is 11.2. The number of hydrogen-bond donors (Lipinski definition) is 2. The number of primary amides is 1. The van der Waals surface area contributed by atoms with E-state index in [2.05, 4.69) is 29.4 Å². The molecule has 82 valence electrons. The molecule has 2 heterocycles. The Morgan fingerprint density at radius 3 is 2.93 bits per heavy atom. The van der Waals surface area contributed by atoms with Gasteiger partial charge in [0.25, 0.3) is 0 Å². The molecular formula is C9H15N5O. The van der Waals surface area contributed by atoms with Crippen molar-refractivity contribution >= 4 is 5.91 Å². The minimum atomic E-state index is -0.330. The predicted molar refractivity (Wildman–Crippen MR) is 53.9 cm³/mol. The maximum atomic E-state index is 11.1. The average molecular weight is 209 g/mol. The van der Waals surface area contributed by atoms with Gasteiger partial charge in [-0.3, -0.25) is 10.1 Å². The molecule has 1 aromatic rings. The van der Waals surface area contributed by atoms with E-state index < -0.39 is 0 Å². The molecule has 1 unspecified atom stereocenters. The lowest BCUT2D eigenvalue weighted by atomic mass is 10.1. The van der Waals surface area contributed by atoms with Gasteiger partial charge < -0.3 is 10.3 Å². The van der Waals surface area contributed by atoms with Crippen LogP contribution in [0, 0.1) is 0 Å². The van der Waals surface area contributed by atoms with E-state index in [9.17, 15) is 4.79 Å². The molecule has 1 atom stereocenters. The van der Waals surface area contributed by atoms with Crippen molar-refractivity contribution in [3.8, 4) is 0 Å². The van der Waals surface area contributed by atoms with E-state index in [0.717, 1.165) is 11.6 Å². The Morgan fingerprint density at radius 2 is 2.33 bits per heavy atom. The lowest BCUT2D eigenvalue weighted by Gasteiger charge is -2.23. The van der Waals surface area contributed by atoms with Crippen LogP contribution < -0.4 is 11.1 Å². The number of nitrogens with zero attached hydrogens (tertiary/aromatic N) is 3. The van der Waals surface area contributed by atoms with Crippen molar-refractivity contribution in [2.45, 2.75) is 38.9 Å². The Bertz CT molecular complexity index is 384. The van der Waals surface area contributed by atoms with Crippen LogP contribution in [0.2, 0.25) is 0 Å². The molecule has 15 heavy (non-hydrogen) atoms. The molecule has 3 N–H and O–H groups in total. The van der Waals surface area contributed by atoms with Gasteiger partial charge in [0.2, 0.25) is 5.91 Å². The molecule has 0 aromatic carbocycles. The molecule has 1 aliphatic rings. The zero-order chi connectivity index (χ0) is 11.0. The minimum Gasteiger partial charge on any atom is -0.368 e. The van der Waals surface area contributed by atoms with E-state index in [-0.39, 0.29) is 11.9 Å². The first kappa shape index (κ1) is 10.1. The van der Waals surface area contributed by atoms with Crippen LogP contribution in [0.4, 0.5) is 0 Å². The fourth-order valence-electron chi connectivity index (χ4n) is 1.76. The van der Waals surface area contributed by atoms with E-state index in [4.69, 9.17) is 5.73 Å². The summed E-state index contributed by atoms with van der Waals surface area (Å²) in [5.41, 5.74) is 5.26. The van der Waals surface area contributed by atoms with Crippen molar-refractivity contribution in [3.63, 3.8) is 0 Å². The molecule has 0 fully saturated rings. The fourth-order valence-corrected chi connectivity index (χ4v) is 1.76. The topological polar surface area (TPSA) is 85.8 Å². The third-order valence-corrected chi connectivity index (χ3v) is 2.59. The SMILES string of the molecule is CC(C)c1nnc2n1CC(C(N)=O)NC2. The second-order valence-corrected chi connectivity index (χ2v) is 4.08. The summed E-state index contributed by atoms with van der Waals surface area (Å²) >= 11 is 0. The second kappa shape index (κ2) is 3.62. The number of amides is 1. The average Bonchev–Trinajstić information content (AvgIpc) is 2.59. The summed E-state index contributed by atoms with van der Waals surface area (Å²) in [6.45, 7) is 5.19. The van der Waals surface area contributed by atoms with Gasteiger partial charge in [-0.25, -0.2) is 0 Å². The summed E-state index contributed by atoms with van der Waals surface area (Å²) in [6.07, 6.45) is 0. The summed E-state index contributed by atoms with van der Waals surface area (Å²) in [7, 11) is 0. The molecule has 0 spiro atoms. The van der Waals surface area contributed by atoms with E-state index in [0.29, 0.717) is 19.0 Å². The highest BCUT2D eigenvalue weighted by Gasteiger charge is 2.26. The zero-order valence-electron chi connectivity index (χ0n) is 8.90. The van der Waals surface area contributed by atoms with Crippen molar-refractivity contribution in [1.82, 2.24) is 20.1 Å². The van der Waals surface area contributed by atoms with Crippen LogP contribution in [0.3, 0.4) is 0 Å². The summed E-state index contributed by atoms with van der Waals surface area (Å²) in [4.78, 5) is 11.1. The highest BCUT2D eigenvalue weighted by molar-refractivity contribution is 5.79. The van der Waals surface area contributed by atoms with Crippen LogP contribution in [-0.4, -0.2) is 26.7 Å². The Labute approximate surface area is 87.9 Å². The van der Waals surface area contributed by atoms with Gasteiger partial charge in [-0.05, 0) is 0 Å². The third-order valence-electron chi connectivity index (χ3n) is 2.59. The van der Waals surface area contributed by atoms with Crippen LogP contribution in [-0.2, 0) is 17.9 Å². The van der Waals surface area contributed by atoms with Crippen molar-refractivity contribution in [2.75, 3.05) is 0 Å². The van der Waals surface area contributed by atoms with Gasteiger partial charge in [-0.2, -0.15) is 0 Å². The fraction of sp³-hybridized carbons (Fsp3) is 0.667. The lowest BCUT2D eigenvalue weighted by molar-refractivity contribution is -0.120. The van der Waals surface area contributed by atoms with Gasteiger partial charge in [0, 0.05) is 12.5 Å². The van der Waals surface area contributed by atoms with Gasteiger partial charge in [0.15, 0.2) is 0 Å². The molecule has 0 radical (unpaired) electrons. The van der Waals surface area contributed by atoms with E-state index >= 15 is 0 Å². The highest BCUT2D eigenvalue weighted by Crippen LogP contribution is 2.16. The highest BCUT2D eigenvalue weighted by atomic mass is 16.1. The first-order valence-corrected chi connectivity index (χ1v) is 5.04. The number of aromatic nitrogens is 3. The Balaban J connectivity index is 2.30. The van der Waals surface area contributed by atoms with Crippen LogP contribution in [0.5, 0.6) is 0 Å². The van der Waals surface area contributed by atoms with Gasteiger partial charge in [0.05, 0.1) is 6.54 Å². The van der Waals surface area contributed by atoms with E-state index in [1.807, 2.05) is 4.57 Å². The van der Waals surface area contributed by atoms with Crippen LogP contribution >= 0.6 is 0 Å². The van der Waals surface area contributed by atoms with Crippen molar-refractivity contribution in [2.24, 2.45) is 5.73 Å². The molecule has 1 aromatic heterocycles. The molecule has 0 saturated heterocycles. The number of fused-ring (bicyclic) bond motifs is 1.